The highest BCUT2D eigenvalue weighted by Crippen LogP contribution is 2.50. The van der Waals surface area contributed by atoms with Crippen molar-refractivity contribution in [3.8, 4) is 11.5 Å². The average Bonchev–Trinajstić information content (AvgIpc) is 3.38. The van der Waals surface area contributed by atoms with Crippen molar-refractivity contribution in [2.75, 3.05) is 40.5 Å². The van der Waals surface area contributed by atoms with Crippen molar-refractivity contribution in [2.45, 2.75) is 35.7 Å². The fourth-order valence-electron chi connectivity index (χ4n) is 6.64. The minimum absolute atomic E-state index is 0.0449. The first-order chi connectivity index (χ1) is 19.4. The van der Waals surface area contributed by atoms with Crippen molar-refractivity contribution in [3.05, 3.63) is 89.6 Å². The summed E-state index contributed by atoms with van der Waals surface area (Å²) < 4.78 is 39.7. The van der Waals surface area contributed by atoms with E-state index >= 15 is 0 Å². The number of hydrogen-bond acceptors (Lipinski definition) is 6. The van der Waals surface area contributed by atoms with Gasteiger partial charge >= 0.3 is 0 Å². The molecule has 40 heavy (non-hydrogen) atoms. The van der Waals surface area contributed by atoms with Crippen molar-refractivity contribution in [3.63, 3.8) is 0 Å². The molecular formula is C31H35N3O5S. The van der Waals surface area contributed by atoms with E-state index in [1.54, 1.807) is 42.8 Å². The summed E-state index contributed by atoms with van der Waals surface area (Å²) in [5.74, 6) is 1.57. The van der Waals surface area contributed by atoms with Crippen LogP contribution < -0.4 is 9.47 Å². The average molecular weight is 562 g/mol. The lowest BCUT2D eigenvalue weighted by Gasteiger charge is -2.50. The topological polar surface area (TPSA) is 95.1 Å². The largest absolute Gasteiger partial charge is 0.497 e. The Morgan fingerprint density at radius 3 is 2.40 bits per heavy atom. The summed E-state index contributed by atoms with van der Waals surface area (Å²) in [5, 5.41) is 11.8. The number of aromatic amines is 1. The van der Waals surface area contributed by atoms with Gasteiger partial charge in [0.25, 0.3) is 0 Å². The molecule has 0 unspecified atom stereocenters. The van der Waals surface area contributed by atoms with Crippen LogP contribution in [0.2, 0.25) is 0 Å². The van der Waals surface area contributed by atoms with E-state index in [0.29, 0.717) is 43.9 Å². The highest BCUT2D eigenvalue weighted by molar-refractivity contribution is 7.89. The van der Waals surface area contributed by atoms with E-state index in [2.05, 4.69) is 22.0 Å². The highest BCUT2D eigenvalue weighted by Gasteiger charge is 2.48. The molecule has 1 fully saturated rings. The molecule has 6 rings (SSSR count). The zero-order valence-electron chi connectivity index (χ0n) is 22.8. The molecule has 2 aliphatic rings. The summed E-state index contributed by atoms with van der Waals surface area (Å²) in [4.78, 5) is 6.27. The van der Waals surface area contributed by atoms with Gasteiger partial charge in [0.1, 0.15) is 11.5 Å². The van der Waals surface area contributed by atoms with Gasteiger partial charge in [-0.15, -0.1) is 0 Å². The van der Waals surface area contributed by atoms with Crippen LogP contribution >= 0.6 is 0 Å². The summed E-state index contributed by atoms with van der Waals surface area (Å²) in [6.45, 7) is 2.09. The molecule has 3 aromatic carbocycles. The minimum atomic E-state index is -3.58. The molecular weight excluding hydrogens is 526 g/mol. The van der Waals surface area contributed by atoms with Gasteiger partial charge in [-0.3, -0.25) is 4.90 Å². The zero-order valence-corrected chi connectivity index (χ0v) is 23.7. The molecule has 3 heterocycles. The number of aromatic nitrogens is 1. The molecule has 0 bridgehead atoms. The number of methoxy groups -OCH3 is 2. The van der Waals surface area contributed by atoms with Gasteiger partial charge in [-0.05, 0) is 48.7 Å². The number of ether oxygens (including phenoxy) is 2. The number of hydrogen-bond donors (Lipinski definition) is 2. The number of fused-ring (bicyclic) bond motifs is 4. The normalized spacial score (nSPS) is 19.5. The van der Waals surface area contributed by atoms with Gasteiger partial charge in [0.2, 0.25) is 10.0 Å². The quantitative estimate of drug-likeness (QED) is 0.346. The van der Waals surface area contributed by atoms with Gasteiger partial charge in [0, 0.05) is 59.8 Å². The number of H-pyrrole nitrogens is 1. The number of piperidine rings is 1. The Morgan fingerprint density at radius 1 is 0.975 bits per heavy atom. The second kappa shape index (κ2) is 10.6. The Hall–Kier alpha value is -3.37. The number of aliphatic hydroxyl groups is 1. The monoisotopic (exact) mass is 561 g/mol. The molecule has 0 aliphatic carbocycles. The molecule has 0 radical (unpaired) electrons. The number of benzene rings is 3. The highest BCUT2D eigenvalue weighted by atomic mass is 32.2. The lowest BCUT2D eigenvalue weighted by molar-refractivity contribution is 0.0530. The number of para-hydroxylation sites is 1. The van der Waals surface area contributed by atoms with Crippen LogP contribution in [0.1, 0.15) is 35.7 Å². The van der Waals surface area contributed by atoms with Gasteiger partial charge in [0.15, 0.2) is 0 Å². The molecule has 1 atom stereocenters. The van der Waals surface area contributed by atoms with Crippen LogP contribution in [-0.4, -0.2) is 68.2 Å². The first kappa shape index (κ1) is 26.8. The lowest BCUT2D eigenvalue weighted by atomic mass is 9.68. The number of nitrogens with one attached hydrogen (secondary N) is 1. The van der Waals surface area contributed by atoms with Gasteiger partial charge in [-0.1, -0.05) is 36.4 Å². The third-order valence-electron chi connectivity index (χ3n) is 8.64. The Bertz CT molecular complexity index is 1610. The van der Waals surface area contributed by atoms with Gasteiger partial charge in [-0.25, -0.2) is 8.42 Å². The Morgan fingerprint density at radius 2 is 1.70 bits per heavy atom. The Labute approximate surface area is 235 Å². The third-order valence-corrected chi connectivity index (χ3v) is 10.6. The molecule has 2 aliphatic heterocycles. The smallest absolute Gasteiger partial charge is 0.243 e. The van der Waals surface area contributed by atoms with Crippen molar-refractivity contribution in [2.24, 2.45) is 0 Å². The maximum Gasteiger partial charge on any atom is 0.243 e. The maximum atomic E-state index is 13.5. The van der Waals surface area contributed by atoms with Crippen molar-refractivity contribution >= 4 is 20.9 Å². The van der Waals surface area contributed by atoms with Gasteiger partial charge < -0.3 is 19.6 Å². The number of rotatable bonds is 7. The second-order valence-electron chi connectivity index (χ2n) is 10.7. The molecule has 1 aromatic heterocycles. The number of nitrogens with zero attached hydrogens (tertiary/aromatic N) is 2. The van der Waals surface area contributed by atoms with E-state index in [-0.39, 0.29) is 18.1 Å². The van der Waals surface area contributed by atoms with E-state index in [1.165, 1.54) is 5.56 Å². The molecule has 1 spiro atoms. The van der Waals surface area contributed by atoms with Gasteiger partial charge in [-0.2, -0.15) is 4.31 Å². The second-order valence-corrected chi connectivity index (χ2v) is 12.7. The van der Waals surface area contributed by atoms with Crippen LogP contribution in [0.4, 0.5) is 0 Å². The fraction of sp³-hybridized carbons (Fsp3) is 0.355. The van der Waals surface area contributed by atoms with Gasteiger partial charge in [0.05, 0.1) is 31.8 Å². The van der Waals surface area contributed by atoms with Crippen molar-refractivity contribution in [1.82, 2.24) is 14.2 Å². The van der Waals surface area contributed by atoms with Crippen LogP contribution in [0.15, 0.2) is 77.7 Å². The first-order valence-electron chi connectivity index (χ1n) is 13.6. The predicted octanol–water partition coefficient (Wildman–Crippen LogP) is 4.46. The molecule has 1 saturated heterocycles. The summed E-state index contributed by atoms with van der Waals surface area (Å²) in [6, 6.07) is 22.4. The lowest BCUT2D eigenvalue weighted by Crippen LogP contribution is -2.54. The van der Waals surface area contributed by atoms with Crippen LogP contribution in [0.25, 0.3) is 10.9 Å². The van der Waals surface area contributed by atoms with E-state index in [1.807, 2.05) is 36.4 Å². The number of sulfonamides is 1. The summed E-state index contributed by atoms with van der Waals surface area (Å²) >= 11 is 0. The van der Waals surface area contributed by atoms with Crippen LogP contribution in [0.3, 0.4) is 0 Å². The molecule has 2 N–H and O–H groups in total. The predicted molar refractivity (Wildman–Crippen MR) is 154 cm³/mol. The molecule has 0 amide bonds. The summed E-state index contributed by atoms with van der Waals surface area (Å²) in [7, 11) is -0.255. The Balaban J connectivity index is 1.42. The third kappa shape index (κ3) is 4.47. The molecule has 0 saturated carbocycles. The SMILES string of the molecule is COc1ccc2c3c([nH]c2c1)[C@H](CO)N(Cc1ccccc1OC)CC31CCN(S(=O)(=O)c2ccccc2)CC1. The zero-order chi connectivity index (χ0) is 27.9. The van der Waals surface area contributed by atoms with Crippen molar-refractivity contribution in [1.29, 1.82) is 0 Å². The van der Waals surface area contributed by atoms with E-state index in [0.717, 1.165) is 33.7 Å². The molecule has 9 heteroatoms. The molecule has 4 aromatic rings. The van der Waals surface area contributed by atoms with Crippen LogP contribution in [0.5, 0.6) is 11.5 Å². The van der Waals surface area contributed by atoms with E-state index in [9.17, 15) is 13.5 Å². The summed E-state index contributed by atoms with van der Waals surface area (Å²) in [6.07, 6.45) is 1.34. The maximum absolute atomic E-state index is 13.5. The van der Waals surface area contributed by atoms with E-state index in [4.69, 9.17) is 9.47 Å². The van der Waals surface area contributed by atoms with E-state index < -0.39 is 10.0 Å². The first-order valence-corrected chi connectivity index (χ1v) is 15.1. The minimum Gasteiger partial charge on any atom is -0.497 e. The fourth-order valence-corrected chi connectivity index (χ4v) is 8.10. The van der Waals surface area contributed by atoms with Crippen LogP contribution in [-0.2, 0) is 22.0 Å². The standard InChI is InChI=1S/C31H35N3O5S/c1-38-23-12-13-25-26(18-23)32-30-27(20-35)33(19-22-8-6-7-11-28(22)39-2)21-31(29(25)30)14-16-34(17-15-31)40(36,37)24-9-4-3-5-10-24/h3-13,18,27,32,35H,14-17,19-21H2,1-2H3/t27-/m0/s1. The Kier molecular flexibility index (Phi) is 7.08. The molecule has 8 nitrogen and oxygen atoms in total. The van der Waals surface area contributed by atoms with Crippen LogP contribution in [0, 0.1) is 0 Å². The van der Waals surface area contributed by atoms with Crippen molar-refractivity contribution < 1.29 is 23.0 Å². The number of aliphatic hydroxyl groups excluding tert-OH is 1. The molecule has 210 valence electrons. The summed E-state index contributed by atoms with van der Waals surface area (Å²) in [5.41, 5.74) is 3.89.